The Bertz CT molecular complexity index is 2100. The van der Waals surface area contributed by atoms with Gasteiger partial charge in [-0.15, -0.1) is 0 Å². The summed E-state index contributed by atoms with van der Waals surface area (Å²) in [5.41, 5.74) is 3.59. The average Bonchev–Trinajstić information content (AvgIpc) is 3.91. The standard InChI is InChI=1S/C42H48N6O8S/c1-28(2)22-48(26-38(49)37(20-29-10-4-3-5-11-29)46-42(51)56-39-27-55-41-33(39)16-19-54-41)57(52,53)32-14-15-36-34(21-32)35(40(50)45-36)25-47(23-30-12-6-8-17-43-30)24-31-13-7-9-18-44-31/h3-15,17-18,21,25,28,33,37-39,41,49H,16,19-20,22-24,26-27H2,1-2H3,(H,45,50)(H,46,51)/b35-25-/t33?,37-,38+,39-,41?/m0/s1. The fraction of sp³-hybridized carbons (Fsp3) is 0.381. The molecule has 3 N–H and O–H groups in total. The first-order valence-electron chi connectivity index (χ1n) is 19.2. The van der Waals surface area contributed by atoms with Crippen LogP contribution < -0.4 is 10.6 Å². The molecule has 300 valence electrons. The predicted octanol–water partition coefficient (Wildman–Crippen LogP) is 4.58. The van der Waals surface area contributed by atoms with E-state index in [0.29, 0.717) is 37.4 Å². The third-order valence-electron chi connectivity index (χ3n) is 10.2. The average molecular weight is 797 g/mol. The van der Waals surface area contributed by atoms with Crippen LogP contribution in [-0.2, 0) is 48.5 Å². The van der Waals surface area contributed by atoms with Gasteiger partial charge in [0.2, 0.25) is 10.0 Å². The lowest BCUT2D eigenvalue weighted by Crippen LogP contribution is -2.51. The molecule has 3 aliphatic rings. The molecule has 5 atom stereocenters. The lowest BCUT2D eigenvalue weighted by molar-refractivity contribution is -0.110. The molecule has 14 nitrogen and oxygen atoms in total. The number of nitrogens with one attached hydrogen (secondary N) is 2. The Morgan fingerprint density at radius 3 is 2.35 bits per heavy atom. The highest BCUT2D eigenvalue weighted by molar-refractivity contribution is 7.89. The second-order valence-corrected chi connectivity index (χ2v) is 16.9. The summed E-state index contributed by atoms with van der Waals surface area (Å²) in [6.07, 6.45) is 3.09. The SMILES string of the molecule is CC(C)CN(C[C@@H](O)[C@H](Cc1ccccc1)NC(=O)O[C@H]1COC2OCCC21)S(=O)(=O)c1ccc2c(c1)/C(=C/N(Cc1ccccn1)Cc1ccccn1)C(=O)N2. The highest BCUT2D eigenvalue weighted by atomic mass is 32.2. The number of hydrogen-bond acceptors (Lipinski definition) is 11. The van der Waals surface area contributed by atoms with Crippen molar-refractivity contribution in [3.63, 3.8) is 0 Å². The number of carbonyl (C=O) groups excluding carboxylic acids is 2. The summed E-state index contributed by atoms with van der Waals surface area (Å²) in [4.78, 5) is 37.5. The van der Waals surface area contributed by atoms with Crippen LogP contribution >= 0.6 is 0 Å². The van der Waals surface area contributed by atoms with E-state index in [1.54, 1.807) is 24.7 Å². The number of pyridine rings is 2. The molecule has 0 bridgehead atoms. The van der Waals surface area contributed by atoms with Crippen LogP contribution in [0.3, 0.4) is 0 Å². The van der Waals surface area contributed by atoms with Gasteiger partial charge >= 0.3 is 6.09 Å². The zero-order chi connectivity index (χ0) is 39.9. The van der Waals surface area contributed by atoms with Gasteiger partial charge in [0.25, 0.3) is 5.91 Å². The number of alkyl carbamates (subject to hydrolysis) is 1. The Balaban J connectivity index is 1.14. The largest absolute Gasteiger partial charge is 0.443 e. The Labute approximate surface area is 332 Å². The maximum absolute atomic E-state index is 14.6. The molecule has 3 aliphatic heterocycles. The van der Waals surface area contributed by atoms with Crippen molar-refractivity contribution in [3.05, 3.63) is 126 Å². The molecular formula is C42H48N6O8S. The maximum atomic E-state index is 14.6. The fourth-order valence-electron chi connectivity index (χ4n) is 7.37. The van der Waals surface area contributed by atoms with E-state index >= 15 is 0 Å². The van der Waals surface area contributed by atoms with Crippen molar-refractivity contribution >= 4 is 33.3 Å². The highest BCUT2D eigenvalue weighted by Crippen LogP contribution is 2.36. The fourth-order valence-corrected chi connectivity index (χ4v) is 9.02. The molecule has 57 heavy (non-hydrogen) atoms. The topological polar surface area (TPSA) is 173 Å². The van der Waals surface area contributed by atoms with Gasteiger partial charge in [-0.1, -0.05) is 56.3 Å². The monoisotopic (exact) mass is 796 g/mol. The Hall–Kier alpha value is -5.19. The van der Waals surface area contributed by atoms with Crippen LogP contribution in [0.4, 0.5) is 10.5 Å². The van der Waals surface area contributed by atoms with Crippen molar-refractivity contribution in [3.8, 4) is 0 Å². The van der Waals surface area contributed by atoms with Crippen molar-refractivity contribution in [1.82, 2.24) is 24.5 Å². The zero-order valence-corrected chi connectivity index (χ0v) is 32.8. The van der Waals surface area contributed by atoms with Crippen LogP contribution in [0.15, 0.2) is 108 Å². The predicted molar refractivity (Wildman–Crippen MR) is 212 cm³/mol. The maximum Gasteiger partial charge on any atom is 0.407 e. The first kappa shape index (κ1) is 40.0. The second-order valence-electron chi connectivity index (χ2n) is 14.9. The number of nitrogens with zero attached hydrogens (tertiary/aromatic N) is 4. The van der Waals surface area contributed by atoms with E-state index in [4.69, 9.17) is 14.2 Å². The number of benzene rings is 2. The molecule has 4 aromatic rings. The summed E-state index contributed by atoms with van der Waals surface area (Å²) >= 11 is 0. The third kappa shape index (κ3) is 9.86. The molecule has 2 saturated heterocycles. The normalized spacial score (nSPS) is 20.6. The molecule has 0 saturated carbocycles. The molecule has 2 fully saturated rings. The number of aromatic nitrogens is 2. The van der Waals surface area contributed by atoms with Crippen LogP contribution in [-0.4, -0.2) is 95.5 Å². The summed E-state index contributed by atoms with van der Waals surface area (Å²) < 4.78 is 47.3. The van der Waals surface area contributed by atoms with E-state index in [2.05, 4.69) is 20.6 Å². The second kappa shape index (κ2) is 17.9. The van der Waals surface area contributed by atoms with Crippen LogP contribution in [0.1, 0.15) is 42.8 Å². The Morgan fingerprint density at radius 2 is 1.68 bits per heavy atom. The number of sulfonamides is 1. The molecule has 5 heterocycles. The smallest absolute Gasteiger partial charge is 0.407 e. The zero-order valence-electron chi connectivity index (χ0n) is 31.9. The van der Waals surface area contributed by atoms with Gasteiger partial charge in [-0.05, 0) is 66.8 Å². The van der Waals surface area contributed by atoms with Gasteiger partial charge in [-0.25, -0.2) is 13.2 Å². The molecule has 0 radical (unpaired) electrons. The summed E-state index contributed by atoms with van der Waals surface area (Å²) in [6, 6.07) is 24.2. The van der Waals surface area contributed by atoms with Crippen molar-refractivity contribution in [1.29, 1.82) is 0 Å². The summed E-state index contributed by atoms with van der Waals surface area (Å²) in [7, 11) is -4.24. The van der Waals surface area contributed by atoms with Gasteiger partial charge in [0.15, 0.2) is 6.29 Å². The van der Waals surface area contributed by atoms with Gasteiger partial charge in [-0.2, -0.15) is 4.31 Å². The minimum Gasteiger partial charge on any atom is -0.443 e. The minimum atomic E-state index is -4.24. The number of aliphatic hydroxyl groups excluding tert-OH is 1. The van der Waals surface area contributed by atoms with Crippen LogP contribution in [0.2, 0.25) is 0 Å². The van der Waals surface area contributed by atoms with E-state index in [9.17, 15) is 23.1 Å². The number of carbonyl (C=O) groups is 2. The van der Waals surface area contributed by atoms with Crippen molar-refractivity contribution < 1.29 is 37.3 Å². The first-order valence-corrected chi connectivity index (χ1v) is 20.6. The number of ether oxygens (including phenoxy) is 3. The molecule has 7 rings (SSSR count). The van der Waals surface area contributed by atoms with E-state index in [1.165, 1.54) is 16.4 Å². The van der Waals surface area contributed by atoms with Crippen LogP contribution in [0.25, 0.3) is 5.57 Å². The lowest BCUT2D eigenvalue weighted by atomic mass is 10.0. The van der Waals surface area contributed by atoms with E-state index in [0.717, 1.165) is 17.0 Å². The molecule has 2 unspecified atom stereocenters. The molecule has 2 aromatic heterocycles. The number of amides is 2. The van der Waals surface area contributed by atoms with Gasteiger partial charge in [0.05, 0.1) is 66.2 Å². The summed E-state index contributed by atoms with van der Waals surface area (Å²) in [5.74, 6) is -0.554. The van der Waals surface area contributed by atoms with Crippen LogP contribution in [0, 0.1) is 11.8 Å². The number of anilines is 1. The van der Waals surface area contributed by atoms with E-state index in [-0.39, 0.29) is 54.3 Å². The van der Waals surface area contributed by atoms with E-state index in [1.807, 2.05) is 85.5 Å². The minimum absolute atomic E-state index is 0.0425. The van der Waals surface area contributed by atoms with Gasteiger partial charge in [-0.3, -0.25) is 14.8 Å². The summed E-state index contributed by atoms with van der Waals surface area (Å²) in [5, 5.41) is 17.5. The molecule has 0 spiro atoms. The number of aliphatic hydroxyl groups is 1. The Kier molecular flexibility index (Phi) is 12.6. The third-order valence-corrected chi connectivity index (χ3v) is 12.0. The Morgan fingerprint density at radius 1 is 0.982 bits per heavy atom. The molecule has 2 aromatic carbocycles. The quantitative estimate of drug-likeness (QED) is 0.136. The van der Waals surface area contributed by atoms with Gasteiger partial charge < -0.3 is 34.9 Å². The van der Waals surface area contributed by atoms with Gasteiger partial charge in [0.1, 0.15) is 6.10 Å². The molecule has 2 amide bonds. The number of rotatable bonds is 16. The van der Waals surface area contributed by atoms with E-state index < -0.39 is 40.7 Å². The summed E-state index contributed by atoms with van der Waals surface area (Å²) in [6.45, 7) is 5.02. The molecule has 15 heteroatoms. The van der Waals surface area contributed by atoms with Gasteiger partial charge in [0, 0.05) is 42.9 Å². The molecule has 0 aliphatic carbocycles. The highest BCUT2D eigenvalue weighted by Gasteiger charge is 2.44. The van der Waals surface area contributed by atoms with Crippen molar-refractivity contribution in [2.45, 2.75) is 69.2 Å². The first-order chi connectivity index (χ1) is 27.5. The number of fused-ring (bicyclic) bond motifs is 2. The van der Waals surface area contributed by atoms with Crippen molar-refractivity contribution in [2.75, 3.05) is 31.6 Å². The van der Waals surface area contributed by atoms with Crippen molar-refractivity contribution in [2.24, 2.45) is 11.8 Å². The number of hydrogen-bond donors (Lipinski definition) is 3. The van der Waals surface area contributed by atoms with Crippen LogP contribution in [0.5, 0.6) is 0 Å². The molecular weight excluding hydrogens is 749 g/mol. The lowest BCUT2D eigenvalue weighted by Gasteiger charge is -2.31.